The Morgan fingerprint density at radius 2 is 0.792 bits per heavy atom. The largest absolute Gasteiger partial charge is 0.457 e. The van der Waals surface area contributed by atoms with Crippen LogP contribution in [0.2, 0.25) is 0 Å². The van der Waals surface area contributed by atoms with E-state index in [-0.39, 0.29) is 25.5 Å². The third-order valence-corrected chi connectivity index (χ3v) is 15.9. The van der Waals surface area contributed by atoms with Crippen LogP contribution in [0.25, 0.3) is 10.8 Å². The third kappa shape index (κ3) is 11.7. The van der Waals surface area contributed by atoms with E-state index >= 15 is 0 Å². The van der Waals surface area contributed by atoms with Gasteiger partial charge in [0.05, 0.1) is 37.7 Å². The van der Waals surface area contributed by atoms with E-state index in [1.807, 2.05) is 36.4 Å². The molecule has 16 heteroatoms. The fraction of sp³-hybridized carbons (Fsp3) is 0.286. The van der Waals surface area contributed by atoms with Crippen LogP contribution in [0.3, 0.4) is 0 Å². The van der Waals surface area contributed by atoms with E-state index < -0.39 is 47.5 Å². The fourth-order valence-corrected chi connectivity index (χ4v) is 11.9. The Kier molecular flexibility index (Phi) is 15.8. The summed E-state index contributed by atoms with van der Waals surface area (Å²) < 4.78 is 45.7. The van der Waals surface area contributed by atoms with E-state index in [1.165, 1.54) is 40.2 Å². The van der Waals surface area contributed by atoms with E-state index in [9.17, 15) is 28.8 Å². The lowest BCUT2D eigenvalue weighted by atomic mass is 9.82. The van der Waals surface area contributed by atoms with Gasteiger partial charge in [-0.2, -0.15) is 0 Å². The molecule has 5 aromatic carbocycles. The van der Waals surface area contributed by atoms with Gasteiger partial charge in [0, 0.05) is 22.9 Å². The summed E-state index contributed by atoms with van der Waals surface area (Å²) in [5, 5.41) is 1.27. The van der Waals surface area contributed by atoms with Crippen molar-refractivity contribution in [1.82, 2.24) is 0 Å². The van der Waals surface area contributed by atoms with Crippen molar-refractivity contribution >= 4 is 70.1 Å². The molecule has 0 radical (unpaired) electrons. The molecule has 9 rings (SSSR count). The number of allylic oxidation sites excluding steroid dienone is 1. The van der Waals surface area contributed by atoms with Crippen molar-refractivity contribution in [3.63, 3.8) is 0 Å². The molecule has 370 valence electrons. The highest BCUT2D eigenvalue weighted by Crippen LogP contribution is 2.62. The molecule has 0 atom stereocenters. The summed E-state index contributed by atoms with van der Waals surface area (Å²) in [6.07, 6.45) is 7.12. The van der Waals surface area contributed by atoms with E-state index in [0.29, 0.717) is 106 Å². The highest BCUT2D eigenvalue weighted by atomic mass is 32.2. The molecule has 0 amide bonds. The number of benzene rings is 5. The molecule has 5 aromatic rings. The number of rotatable bonds is 16. The van der Waals surface area contributed by atoms with Crippen molar-refractivity contribution in [3.05, 3.63) is 143 Å². The molecule has 1 aliphatic heterocycles. The lowest BCUT2D eigenvalue weighted by molar-refractivity contribution is -0.145. The summed E-state index contributed by atoms with van der Waals surface area (Å²) in [7, 11) is 0. The van der Waals surface area contributed by atoms with E-state index in [4.69, 9.17) is 37.9 Å². The van der Waals surface area contributed by atoms with E-state index in [1.54, 1.807) is 48.5 Å². The van der Waals surface area contributed by atoms with Crippen molar-refractivity contribution < 1.29 is 66.7 Å². The van der Waals surface area contributed by atoms with E-state index in [0.717, 1.165) is 29.2 Å². The minimum absolute atomic E-state index is 0.286. The molecule has 4 aliphatic rings. The van der Waals surface area contributed by atoms with Crippen molar-refractivity contribution in [3.8, 4) is 34.5 Å². The minimum atomic E-state index is -0.607. The molecule has 0 saturated heterocycles. The van der Waals surface area contributed by atoms with Crippen molar-refractivity contribution in [1.29, 1.82) is 0 Å². The number of hydrogen-bond acceptors (Lipinski definition) is 16. The molecule has 2 saturated carbocycles. The standard InChI is InChI=1S/C56H50O14S2/c1-3-46(57)65-31-63-40-21-25-42(26-22-40)67-52(59)33-13-17-35(18-14-33)54(61)69-48-44-11-7-8-12-45(44)49(51-50(48)71-56(72-51)39-29-37-9-5-6-10-38(37)30-39)70-55(62)36-19-15-34(16-20-36)53(60)68-43-27-23-41(24-28-43)64-32-66-47(58)4-2/h3-12,21-28,33-36H,1-2,13-20,29-32H2. The van der Waals surface area contributed by atoms with Crippen LogP contribution >= 0.6 is 23.5 Å². The number of carbonyl (C=O) groups excluding carboxylic acids is 6. The molecule has 0 aromatic heterocycles. The first-order chi connectivity index (χ1) is 35.0. The molecule has 0 N–H and O–H groups in total. The van der Waals surface area contributed by atoms with Gasteiger partial charge in [-0.05, 0) is 129 Å². The SMILES string of the molecule is C=CC(=O)OCOc1ccc(OC(=O)C2CCC(C(=O)Oc3c4c(c(OC(=O)C5CCC(C(=O)Oc6ccc(OCOC(=O)C=C)cc6)CC5)c5ccccc35)SC(=C3Cc5ccccc5C3)S4)CC2)cc1. The Morgan fingerprint density at radius 1 is 0.458 bits per heavy atom. The van der Waals surface area contributed by atoms with Gasteiger partial charge < -0.3 is 37.9 Å². The van der Waals surface area contributed by atoms with Crippen LogP contribution in [0.15, 0.2) is 142 Å². The number of carbonyl (C=O) groups is 6. The Morgan fingerprint density at radius 3 is 1.15 bits per heavy atom. The Labute approximate surface area is 424 Å². The maximum atomic E-state index is 14.2. The van der Waals surface area contributed by atoms with Gasteiger partial charge >= 0.3 is 35.8 Å². The molecule has 1 heterocycles. The summed E-state index contributed by atoms with van der Waals surface area (Å²) in [6.45, 7) is 6.11. The lowest BCUT2D eigenvalue weighted by Gasteiger charge is -2.27. The average molecular weight is 1010 g/mol. The molecule has 14 nitrogen and oxygen atoms in total. The smallest absolute Gasteiger partial charge is 0.333 e. The van der Waals surface area contributed by atoms with Gasteiger partial charge in [-0.25, -0.2) is 9.59 Å². The number of thioether (sulfide) groups is 2. The van der Waals surface area contributed by atoms with Crippen LogP contribution in [0.4, 0.5) is 0 Å². The maximum absolute atomic E-state index is 14.2. The molecule has 0 bridgehead atoms. The zero-order valence-corrected chi connectivity index (χ0v) is 40.8. The normalized spacial score (nSPS) is 18.9. The molecular formula is C56H50O14S2. The van der Waals surface area contributed by atoms with Gasteiger partial charge in [-0.3, -0.25) is 19.2 Å². The molecule has 0 spiro atoms. The van der Waals surface area contributed by atoms with Crippen molar-refractivity contribution in [2.24, 2.45) is 23.7 Å². The van der Waals surface area contributed by atoms with E-state index in [2.05, 4.69) is 25.3 Å². The number of fused-ring (bicyclic) bond motifs is 3. The zero-order chi connectivity index (χ0) is 50.1. The molecule has 0 unspecified atom stereocenters. The van der Waals surface area contributed by atoms with Crippen molar-refractivity contribution in [2.45, 2.75) is 74.0 Å². The minimum Gasteiger partial charge on any atom is -0.457 e. The first-order valence-corrected chi connectivity index (χ1v) is 25.3. The van der Waals surface area contributed by atoms with Gasteiger partial charge in [0.1, 0.15) is 23.0 Å². The highest BCUT2D eigenvalue weighted by molar-refractivity contribution is 8.24. The predicted octanol–water partition coefficient (Wildman–Crippen LogP) is 10.8. The van der Waals surface area contributed by atoms with Gasteiger partial charge in [0.25, 0.3) is 0 Å². The van der Waals surface area contributed by atoms with Crippen LogP contribution in [0.1, 0.15) is 62.5 Å². The summed E-state index contributed by atoms with van der Waals surface area (Å²) >= 11 is 3.07. The third-order valence-electron chi connectivity index (χ3n) is 13.1. The first kappa shape index (κ1) is 49.7. The number of hydrogen-bond donors (Lipinski definition) is 0. The lowest BCUT2D eigenvalue weighted by Crippen LogP contribution is -2.30. The topological polar surface area (TPSA) is 176 Å². The van der Waals surface area contributed by atoms with Crippen LogP contribution in [-0.2, 0) is 51.1 Å². The second kappa shape index (κ2) is 22.8. The number of ether oxygens (including phenoxy) is 8. The molecule has 3 aliphatic carbocycles. The maximum Gasteiger partial charge on any atom is 0.333 e. The van der Waals surface area contributed by atoms with Crippen LogP contribution in [0, 0.1) is 23.7 Å². The van der Waals surface area contributed by atoms with Gasteiger partial charge in [0.15, 0.2) is 11.5 Å². The Hall–Kier alpha value is -7.30. The molecule has 72 heavy (non-hydrogen) atoms. The van der Waals surface area contributed by atoms with Crippen molar-refractivity contribution in [2.75, 3.05) is 13.6 Å². The quantitative estimate of drug-likeness (QED) is 0.0394. The first-order valence-electron chi connectivity index (χ1n) is 23.7. The van der Waals surface area contributed by atoms with Gasteiger partial charge in [0.2, 0.25) is 13.6 Å². The Bertz CT molecular complexity index is 2750. The second-order valence-electron chi connectivity index (χ2n) is 17.7. The molecular weight excluding hydrogens is 961 g/mol. The predicted molar refractivity (Wildman–Crippen MR) is 266 cm³/mol. The van der Waals surface area contributed by atoms with Crippen LogP contribution in [0.5, 0.6) is 34.5 Å². The summed E-state index contributed by atoms with van der Waals surface area (Å²) in [4.78, 5) is 78.8. The van der Waals surface area contributed by atoms with Crippen LogP contribution in [-0.4, -0.2) is 49.4 Å². The van der Waals surface area contributed by atoms with Gasteiger partial charge in [-0.1, -0.05) is 85.2 Å². The summed E-state index contributed by atoms with van der Waals surface area (Å²) in [6, 6.07) is 28.6. The van der Waals surface area contributed by atoms with Crippen LogP contribution < -0.4 is 28.4 Å². The average Bonchev–Trinajstić information content (AvgIpc) is 4.06. The monoisotopic (exact) mass is 1010 g/mol. The fourth-order valence-electron chi connectivity index (χ4n) is 9.17. The Balaban J connectivity index is 0.859. The summed E-state index contributed by atoms with van der Waals surface area (Å²) in [5.41, 5.74) is 3.77. The van der Waals surface area contributed by atoms with Gasteiger partial charge in [-0.15, -0.1) is 0 Å². The molecule has 2 fully saturated rings. The number of esters is 6. The second-order valence-corrected chi connectivity index (χ2v) is 20.0. The summed E-state index contributed by atoms with van der Waals surface area (Å²) in [5.74, 6) is -2.14. The highest BCUT2D eigenvalue weighted by Gasteiger charge is 2.38. The zero-order valence-electron chi connectivity index (χ0n) is 39.1.